The molecule has 0 heterocycles. The van der Waals surface area contributed by atoms with Crippen molar-refractivity contribution in [3.63, 3.8) is 0 Å². The maximum atomic E-state index is 13.4. The van der Waals surface area contributed by atoms with Gasteiger partial charge in [-0.2, -0.15) is 0 Å². The molecule has 112 valence electrons. The van der Waals surface area contributed by atoms with Gasteiger partial charge in [-0.15, -0.1) is 0 Å². The second-order valence-corrected chi connectivity index (χ2v) is 6.73. The molecule has 0 amide bonds. The molecule has 2 aromatic carbocycles. The van der Waals surface area contributed by atoms with Gasteiger partial charge >= 0.3 is 0 Å². The summed E-state index contributed by atoms with van der Waals surface area (Å²) < 4.78 is 28.4. The number of hydrogen-bond acceptors (Lipinski definition) is 1. The summed E-state index contributed by atoms with van der Waals surface area (Å²) >= 11 is 5.59. The highest BCUT2D eigenvalue weighted by molar-refractivity contribution is 14.1. The average Bonchev–Trinajstić information content (AvgIpc) is 2.42. The quantitative estimate of drug-likeness (QED) is 0.596. The van der Waals surface area contributed by atoms with Crippen LogP contribution in [0.2, 0.25) is 0 Å². The highest BCUT2D eigenvalue weighted by atomic mass is 127. The molecule has 0 bridgehead atoms. The summed E-state index contributed by atoms with van der Waals surface area (Å²) in [4.78, 5) is 0. The number of hydrogen-bond donors (Lipinski definition) is 1. The van der Waals surface area contributed by atoms with E-state index in [1.807, 2.05) is 6.92 Å². The Labute approximate surface area is 145 Å². The Hall–Kier alpha value is -0.530. The Kier molecular flexibility index (Phi) is 6.13. The van der Waals surface area contributed by atoms with Gasteiger partial charge < -0.3 is 5.32 Å². The van der Waals surface area contributed by atoms with Crippen molar-refractivity contribution in [2.75, 3.05) is 6.54 Å². The minimum atomic E-state index is -0.253. The van der Waals surface area contributed by atoms with Gasteiger partial charge in [0.05, 0.1) is 0 Å². The molecule has 5 heteroatoms. The molecule has 1 N–H and O–H groups in total. The van der Waals surface area contributed by atoms with Crippen LogP contribution in [0.3, 0.4) is 0 Å². The zero-order valence-corrected chi connectivity index (χ0v) is 15.2. The molecule has 21 heavy (non-hydrogen) atoms. The van der Waals surface area contributed by atoms with Crippen molar-refractivity contribution in [3.8, 4) is 0 Å². The maximum Gasteiger partial charge on any atom is 0.124 e. The highest BCUT2D eigenvalue weighted by Crippen LogP contribution is 2.27. The lowest BCUT2D eigenvalue weighted by molar-refractivity contribution is 0.541. The standard InChI is InChI=1S/C16H15BrF2IN/c1-2-21-16(13-5-3-12(19)9-15(13)20)8-10-7-11(18)4-6-14(10)17/h3-7,9,16,21H,2,8H2,1H3. The van der Waals surface area contributed by atoms with E-state index in [0.29, 0.717) is 6.42 Å². The van der Waals surface area contributed by atoms with Crippen LogP contribution in [0.5, 0.6) is 0 Å². The Morgan fingerprint density at radius 3 is 2.48 bits per heavy atom. The zero-order valence-electron chi connectivity index (χ0n) is 11.5. The summed E-state index contributed by atoms with van der Waals surface area (Å²) in [6.45, 7) is 2.80. The molecule has 0 spiro atoms. The van der Waals surface area contributed by atoms with Gasteiger partial charge in [0.1, 0.15) is 11.6 Å². The fraction of sp³-hybridized carbons (Fsp3) is 0.250. The molecule has 1 atom stereocenters. The monoisotopic (exact) mass is 465 g/mol. The van der Waals surface area contributed by atoms with Crippen molar-refractivity contribution in [2.45, 2.75) is 19.4 Å². The predicted molar refractivity (Wildman–Crippen MR) is 93.3 cm³/mol. The molecule has 0 aliphatic carbocycles. The normalized spacial score (nSPS) is 12.4. The number of halogens is 4. The third-order valence-corrected chi connectivity index (χ3v) is 4.93. The smallest absolute Gasteiger partial charge is 0.124 e. The first-order chi connectivity index (χ1) is 10.0. The van der Waals surface area contributed by atoms with Gasteiger partial charge in [-0.05, 0) is 77.0 Å². The molecule has 0 fully saturated rings. The van der Waals surface area contributed by atoms with Crippen LogP contribution in [0.15, 0.2) is 40.9 Å². The molecule has 0 aliphatic rings. The summed E-state index contributed by atoms with van der Waals surface area (Å²) in [7, 11) is 0. The highest BCUT2D eigenvalue weighted by Gasteiger charge is 2.16. The molecule has 1 unspecified atom stereocenters. The average molecular weight is 466 g/mol. The molecular weight excluding hydrogens is 451 g/mol. The molecule has 0 radical (unpaired) electrons. The maximum absolute atomic E-state index is 13.4. The van der Waals surface area contributed by atoms with E-state index in [4.69, 9.17) is 0 Å². The molecule has 0 saturated carbocycles. The van der Waals surface area contributed by atoms with E-state index < -0.39 is 0 Å². The molecule has 0 aromatic heterocycles. The lowest BCUT2D eigenvalue weighted by Crippen LogP contribution is -2.24. The van der Waals surface area contributed by atoms with Crippen LogP contribution in [-0.2, 0) is 6.42 Å². The summed E-state index contributed by atoms with van der Waals surface area (Å²) in [6.07, 6.45) is 0.633. The van der Waals surface area contributed by atoms with Gasteiger partial charge in [-0.25, -0.2) is 8.78 Å². The predicted octanol–water partition coefficient (Wildman–Crippen LogP) is 5.23. The van der Waals surface area contributed by atoms with Crippen LogP contribution < -0.4 is 5.32 Å². The molecule has 0 saturated heterocycles. The van der Waals surface area contributed by atoms with E-state index in [0.717, 1.165) is 25.7 Å². The minimum absolute atomic E-state index is 0.0144. The SMILES string of the molecule is CCNC(Cc1cc(F)ccc1Br)c1ccc(F)cc1I. The first kappa shape index (κ1) is 16.8. The first-order valence-electron chi connectivity index (χ1n) is 6.63. The van der Waals surface area contributed by atoms with Crippen LogP contribution in [-0.4, -0.2) is 6.54 Å². The Morgan fingerprint density at radius 2 is 1.81 bits per heavy atom. The van der Waals surface area contributed by atoms with Gasteiger partial charge in [-0.1, -0.05) is 28.9 Å². The Morgan fingerprint density at radius 1 is 1.14 bits per heavy atom. The Balaban J connectivity index is 2.32. The lowest BCUT2D eigenvalue weighted by atomic mass is 9.98. The van der Waals surface area contributed by atoms with Crippen LogP contribution in [0.25, 0.3) is 0 Å². The second kappa shape index (κ2) is 7.65. The molecular formula is C16H15BrF2IN. The number of nitrogens with one attached hydrogen (secondary N) is 1. The minimum Gasteiger partial charge on any atom is -0.310 e. The van der Waals surface area contributed by atoms with E-state index in [1.54, 1.807) is 12.1 Å². The van der Waals surface area contributed by atoms with Gasteiger partial charge in [0.2, 0.25) is 0 Å². The van der Waals surface area contributed by atoms with Crippen LogP contribution in [0.1, 0.15) is 24.1 Å². The van der Waals surface area contributed by atoms with Crippen molar-refractivity contribution in [2.24, 2.45) is 0 Å². The van der Waals surface area contributed by atoms with Crippen molar-refractivity contribution < 1.29 is 8.78 Å². The summed E-state index contributed by atoms with van der Waals surface area (Å²) in [5, 5.41) is 3.38. The summed E-state index contributed by atoms with van der Waals surface area (Å²) in [5.74, 6) is -0.498. The van der Waals surface area contributed by atoms with Gasteiger partial charge in [0, 0.05) is 14.1 Å². The molecule has 2 rings (SSSR count). The van der Waals surface area contributed by atoms with Crippen LogP contribution >= 0.6 is 38.5 Å². The van der Waals surface area contributed by atoms with E-state index in [9.17, 15) is 8.78 Å². The summed E-state index contributed by atoms with van der Waals surface area (Å²) in [5.41, 5.74) is 1.91. The number of likely N-dealkylation sites (N-methyl/N-ethyl adjacent to an activating group) is 1. The van der Waals surface area contributed by atoms with Crippen molar-refractivity contribution >= 4 is 38.5 Å². The molecule has 1 nitrogen and oxygen atoms in total. The lowest BCUT2D eigenvalue weighted by Gasteiger charge is -2.20. The van der Waals surface area contributed by atoms with Gasteiger partial charge in [0.25, 0.3) is 0 Å². The van der Waals surface area contributed by atoms with Crippen molar-refractivity contribution in [3.05, 3.63) is 67.2 Å². The van der Waals surface area contributed by atoms with Crippen LogP contribution in [0, 0.1) is 15.2 Å². The van der Waals surface area contributed by atoms with Crippen molar-refractivity contribution in [1.82, 2.24) is 5.32 Å². The Bertz CT molecular complexity index is 634. The third kappa shape index (κ3) is 4.47. The third-order valence-electron chi connectivity index (χ3n) is 3.22. The second-order valence-electron chi connectivity index (χ2n) is 4.72. The zero-order chi connectivity index (χ0) is 15.4. The van der Waals surface area contributed by atoms with Crippen LogP contribution in [0.4, 0.5) is 8.78 Å². The summed E-state index contributed by atoms with van der Waals surface area (Å²) in [6, 6.07) is 9.45. The largest absolute Gasteiger partial charge is 0.310 e. The van der Waals surface area contributed by atoms with Crippen molar-refractivity contribution in [1.29, 1.82) is 0 Å². The molecule has 2 aromatic rings. The van der Waals surface area contributed by atoms with E-state index in [-0.39, 0.29) is 17.7 Å². The number of benzene rings is 2. The fourth-order valence-electron chi connectivity index (χ4n) is 2.24. The van der Waals surface area contributed by atoms with E-state index in [2.05, 4.69) is 43.8 Å². The number of rotatable bonds is 5. The fourth-order valence-corrected chi connectivity index (χ4v) is 3.50. The topological polar surface area (TPSA) is 12.0 Å². The molecule has 0 aliphatic heterocycles. The van der Waals surface area contributed by atoms with Gasteiger partial charge in [-0.3, -0.25) is 0 Å². The van der Waals surface area contributed by atoms with Gasteiger partial charge in [0.15, 0.2) is 0 Å². The van der Waals surface area contributed by atoms with E-state index >= 15 is 0 Å². The van der Waals surface area contributed by atoms with E-state index in [1.165, 1.54) is 24.3 Å². The first-order valence-corrected chi connectivity index (χ1v) is 8.50.